The predicted octanol–water partition coefficient (Wildman–Crippen LogP) is 2.65. The average Bonchev–Trinajstić information content (AvgIpc) is 2.95. The standard InChI is InChI=1S/C16H19N3O2/c1-11(2)19-15(7-8-17-19)18-16(20)13-9-12-5-3-4-6-14(12)21-10-13/h3-8,11,13H,9-10H2,1-2H3,(H,18,20)/t13-/m0/s1. The van der Waals surface area contributed by atoms with E-state index < -0.39 is 0 Å². The summed E-state index contributed by atoms with van der Waals surface area (Å²) >= 11 is 0. The van der Waals surface area contributed by atoms with Gasteiger partial charge in [-0.3, -0.25) is 4.79 Å². The van der Waals surface area contributed by atoms with E-state index in [9.17, 15) is 4.79 Å². The Balaban J connectivity index is 1.71. The Hall–Kier alpha value is -2.30. The molecule has 2 aromatic rings. The summed E-state index contributed by atoms with van der Waals surface area (Å²) in [6.45, 7) is 4.48. The van der Waals surface area contributed by atoms with Crippen molar-refractivity contribution >= 4 is 11.7 Å². The molecule has 1 aromatic heterocycles. The molecule has 5 nitrogen and oxygen atoms in total. The lowest BCUT2D eigenvalue weighted by atomic mass is 9.96. The molecule has 21 heavy (non-hydrogen) atoms. The molecule has 1 aliphatic rings. The van der Waals surface area contributed by atoms with E-state index >= 15 is 0 Å². The third kappa shape index (κ3) is 2.77. The molecule has 1 aliphatic heterocycles. The zero-order valence-electron chi connectivity index (χ0n) is 12.2. The molecule has 1 amide bonds. The predicted molar refractivity (Wildman–Crippen MR) is 80.4 cm³/mol. The first-order chi connectivity index (χ1) is 10.1. The normalized spacial score (nSPS) is 17.2. The maximum atomic E-state index is 12.4. The fourth-order valence-corrected chi connectivity index (χ4v) is 2.55. The van der Waals surface area contributed by atoms with Gasteiger partial charge in [0, 0.05) is 12.1 Å². The first-order valence-corrected chi connectivity index (χ1v) is 7.20. The first-order valence-electron chi connectivity index (χ1n) is 7.20. The van der Waals surface area contributed by atoms with Crippen molar-refractivity contribution in [3.63, 3.8) is 0 Å². The number of carbonyl (C=O) groups excluding carboxylic acids is 1. The Labute approximate surface area is 123 Å². The molecule has 0 saturated carbocycles. The van der Waals surface area contributed by atoms with Gasteiger partial charge >= 0.3 is 0 Å². The molecular formula is C16H19N3O2. The third-order valence-corrected chi connectivity index (χ3v) is 3.66. The highest BCUT2D eigenvalue weighted by Crippen LogP contribution is 2.27. The smallest absolute Gasteiger partial charge is 0.232 e. The molecule has 3 rings (SSSR count). The lowest BCUT2D eigenvalue weighted by Gasteiger charge is -2.24. The van der Waals surface area contributed by atoms with Gasteiger partial charge < -0.3 is 10.1 Å². The van der Waals surface area contributed by atoms with Crippen LogP contribution in [-0.2, 0) is 11.2 Å². The molecule has 5 heteroatoms. The molecule has 0 fully saturated rings. The molecule has 0 aliphatic carbocycles. The summed E-state index contributed by atoms with van der Waals surface area (Å²) < 4.78 is 7.47. The summed E-state index contributed by atoms with van der Waals surface area (Å²) in [4.78, 5) is 12.4. The van der Waals surface area contributed by atoms with E-state index in [4.69, 9.17) is 4.74 Å². The third-order valence-electron chi connectivity index (χ3n) is 3.66. The van der Waals surface area contributed by atoms with Gasteiger partial charge in [0.05, 0.1) is 12.1 Å². The molecule has 2 heterocycles. The second kappa shape index (κ2) is 5.60. The number of benzene rings is 1. The summed E-state index contributed by atoms with van der Waals surface area (Å²) in [5.41, 5.74) is 1.08. The molecule has 0 spiro atoms. The number of para-hydroxylation sites is 1. The Kier molecular flexibility index (Phi) is 3.64. The minimum atomic E-state index is -0.171. The average molecular weight is 285 g/mol. The van der Waals surface area contributed by atoms with Crippen molar-refractivity contribution in [2.24, 2.45) is 5.92 Å². The molecule has 1 N–H and O–H groups in total. The Morgan fingerprint density at radius 3 is 3.00 bits per heavy atom. The van der Waals surface area contributed by atoms with Gasteiger partial charge in [0.15, 0.2) is 0 Å². The summed E-state index contributed by atoms with van der Waals surface area (Å²) in [6, 6.07) is 9.88. The van der Waals surface area contributed by atoms with Crippen molar-refractivity contribution < 1.29 is 9.53 Å². The van der Waals surface area contributed by atoms with Crippen molar-refractivity contribution in [1.82, 2.24) is 9.78 Å². The number of nitrogens with one attached hydrogen (secondary N) is 1. The summed E-state index contributed by atoms with van der Waals surface area (Å²) in [7, 11) is 0. The van der Waals surface area contributed by atoms with E-state index in [1.165, 1.54) is 0 Å². The van der Waals surface area contributed by atoms with Crippen LogP contribution in [0, 0.1) is 5.92 Å². The molecule has 0 saturated heterocycles. The van der Waals surface area contributed by atoms with Crippen molar-refractivity contribution in [1.29, 1.82) is 0 Å². The number of anilines is 1. The van der Waals surface area contributed by atoms with Crippen LogP contribution in [-0.4, -0.2) is 22.3 Å². The molecule has 1 atom stereocenters. The van der Waals surface area contributed by atoms with Crippen molar-refractivity contribution in [3.8, 4) is 5.75 Å². The molecule has 1 aromatic carbocycles. The van der Waals surface area contributed by atoms with Gasteiger partial charge in [-0.2, -0.15) is 5.10 Å². The van der Waals surface area contributed by atoms with E-state index in [1.807, 2.05) is 44.2 Å². The largest absolute Gasteiger partial charge is 0.492 e. The first kappa shape index (κ1) is 13.7. The molecule has 0 bridgehead atoms. The van der Waals surface area contributed by atoms with E-state index in [0.717, 1.165) is 17.1 Å². The molecule has 0 unspecified atom stereocenters. The number of amides is 1. The lowest BCUT2D eigenvalue weighted by molar-refractivity contribution is -0.121. The number of carbonyl (C=O) groups is 1. The van der Waals surface area contributed by atoms with Crippen molar-refractivity contribution in [3.05, 3.63) is 42.1 Å². The fourth-order valence-electron chi connectivity index (χ4n) is 2.55. The van der Waals surface area contributed by atoms with Gasteiger partial charge in [-0.1, -0.05) is 18.2 Å². The zero-order chi connectivity index (χ0) is 14.8. The number of hydrogen-bond donors (Lipinski definition) is 1. The topological polar surface area (TPSA) is 56.2 Å². The quantitative estimate of drug-likeness (QED) is 0.943. The second-order valence-electron chi connectivity index (χ2n) is 5.56. The maximum absolute atomic E-state index is 12.4. The highest BCUT2D eigenvalue weighted by molar-refractivity contribution is 5.92. The highest BCUT2D eigenvalue weighted by Gasteiger charge is 2.26. The molecule has 110 valence electrons. The van der Waals surface area contributed by atoms with Crippen LogP contribution < -0.4 is 10.1 Å². The van der Waals surface area contributed by atoms with E-state index in [2.05, 4.69) is 10.4 Å². The van der Waals surface area contributed by atoms with Gasteiger partial charge in [-0.25, -0.2) is 4.68 Å². The number of nitrogens with zero attached hydrogens (tertiary/aromatic N) is 2. The summed E-state index contributed by atoms with van der Waals surface area (Å²) in [6.07, 6.45) is 2.40. The minimum Gasteiger partial charge on any atom is -0.492 e. The molecular weight excluding hydrogens is 266 g/mol. The van der Waals surface area contributed by atoms with Crippen LogP contribution in [0.15, 0.2) is 36.5 Å². The van der Waals surface area contributed by atoms with Crippen LogP contribution >= 0.6 is 0 Å². The summed E-state index contributed by atoms with van der Waals surface area (Å²) in [5.74, 6) is 1.42. The van der Waals surface area contributed by atoms with Crippen LogP contribution in [0.1, 0.15) is 25.5 Å². The monoisotopic (exact) mass is 285 g/mol. The summed E-state index contributed by atoms with van der Waals surface area (Å²) in [5, 5.41) is 7.17. The van der Waals surface area contributed by atoms with E-state index in [1.54, 1.807) is 10.9 Å². The van der Waals surface area contributed by atoms with Gasteiger partial charge in [0.25, 0.3) is 0 Å². The molecule has 0 radical (unpaired) electrons. The van der Waals surface area contributed by atoms with E-state index in [-0.39, 0.29) is 17.9 Å². The fraction of sp³-hybridized carbons (Fsp3) is 0.375. The van der Waals surface area contributed by atoms with Crippen LogP contribution in [0.4, 0.5) is 5.82 Å². The van der Waals surface area contributed by atoms with Gasteiger partial charge in [0.1, 0.15) is 18.2 Å². The Morgan fingerprint density at radius 1 is 1.38 bits per heavy atom. The number of aromatic nitrogens is 2. The number of rotatable bonds is 3. The van der Waals surface area contributed by atoms with Crippen LogP contribution in [0.3, 0.4) is 0 Å². The Bertz CT molecular complexity index is 648. The number of hydrogen-bond acceptors (Lipinski definition) is 3. The van der Waals surface area contributed by atoms with Crippen LogP contribution in [0.5, 0.6) is 5.75 Å². The number of fused-ring (bicyclic) bond motifs is 1. The van der Waals surface area contributed by atoms with Crippen LogP contribution in [0.25, 0.3) is 0 Å². The number of ether oxygens (including phenoxy) is 1. The van der Waals surface area contributed by atoms with Gasteiger partial charge in [-0.15, -0.1) is 0 Å². The van der Waals surface area contributed by atoms with E-state index in [0.29, 0.717) is 13.0 Å². The minimum absolute atomic E-state index is 0.0214. The van der Waals surface area contributed by atoms with Crippen molar-refractivity contribution in [2.75, 3.05) is 11.9 Å². The zero-order valence-corrected chi connectivity index (χ0v) is 12.2. The second-order valence-corrected chi connectivity index (χ2v) is 5.56. The van der Waals surface area contributed by atoms with Gasteiger partial charge in [0.2, 0.25) is 5.91 Å². The maximum Gasteiger partial charge on any atom is 0.232 e. The SMILES string of the molecule is CC(C)n1nccc1NC(=O)[C@@H]1COc2ccccc2C1. The lowest BCUT2D eigenvalue weighted by Crippen LogP contribution is -2.33. The van der Waals surface area contributed by atoms with Crippen molar-refractivity contribution in [2.45, 2.75) is 26.3 Å². The highest BCUT2D eigenvalue weighted by atomic mass is 16.5. The Morgan fingerprint density at radius 2 is 2.19 bits per heavy atom. The van der Waals surface area contributed by atoms with Gasteiger partial charge in [-0.05, 0) is 31.9 Å². The van der Waals surface area contributed by atoms with Crippen LogP contribution in [0.2, 0.25) is 0 Å².